The third-order valence-corrected chi connectivity index (χ3v) is 2.83. The highest BCUT2D eigenvalue weighted by molar-refractivity contribution is 5.80. The first-order chi connectivity index (χ1) is 9.21. The van der Waals surface area contributed by atoms with Gasteiger partial charge in [0.05, 0.1) is 12.7 Å². The Balaban J connectivity index is 2.37. The molecule has 1 unspecified atom stereocenters. The summed E-state index contributed by atoms with van der Waals surface area (Å²) in [5, 5.41) is 11.5. The number of ether oxygens (including phenoxy) is 1. The quantitative estimate of drug-likeness (QED) is 0.818. The maximum atomic E-state index is 11.6. The number of carbonyl (C=O) groups excluding carboxylic acids is 1. The minimum atomic E-state index is -0.541. The Bertz CT molecular complexity index is 434. The van der Waals surface area contributed by atoms with Crippen molar-refractivity contribution in [3.63, 3.8) is 0 Å². The number of hydrogen-bond donors (Lipinski definition) is 1. The Morgan fingerprint density at radius 2 is 2.05 bits per heavy atom. The topological polar surface area (TPSA) is 62.1 Å². The lowest BCUT2D eigenvalue weighted by Gasteiger charge is -2.08. The third kappa shape index (κ3) is 5.01. The second-order valence-electron chi connectivity index (χ2n) is 4.21. The summed E-state index contributed by atoms with van der Waals surface area (Å²) in [6.45, 7) is 4.98. The number of amides is 1. The predicted octanol–water partition coefficient (Wildman–Crippen LogP) is 2.29. The highest BCUT2D eigenvalue weighted by Crippen LogP contribution is 2.12. The van der Waals surface area contributed by atoms with Crippen LogP contribution in [0.15, 0.2) is 24.3 Å². The Hall–Kier alpha value is -2.02. The maximum absolute atomic E-state index is 11.6. The van der Waals surface area contributed by atoms with Crippen LogP contribution in [0.3, 0.4) is 0 Å². The molecule has 0 aliphatic heterocycles. The van der Waals surface area contributed by atoms with E-state index in [1.165, 1.54) is 0 Å². The van der Waals surface area contributed by atoms with Crippen LogP contribution >= 0.6 is 0 Å². The summed E-state index contributed by atoms with van der Waals surface area (Å²) in [7, 11) is 0. The van der Waals surface area contributed by atoms with Gasteiger partial charge < -0.3 is 10.1 Å². The number of carbonyl (C=O) groups is 1. The van der Waals surface area contributed by atoms with E-state index in [0.717, 1.165) is 17.7 Å². The molecule has 1 atom stereocenters. The summed E-state index contributed by atoms with van der Waals surface area (Å²) in [5.74, 6) is 0.127. The second kappa shape index (κ2) is 8.15. The van der Waals surface area contributed by atoms with Gasteiger partial charge in [-0.2, -0.15) is 5.26 Å². The molecule has 0 saturated heterocycles. The molecule has 0 heterocycles. The Labute approximate surface area is 114 Å². The highest BCUT2D eigenvalue weighted by Gasteiger charge is 2.14. The lowest BCUT2D eigenvalue weighted by molar-refractivity contribution is -0.123. The molecular weight excluding hydrogens is 240 g/mol. The number of benzene rings is 1. The average molecular weight is 260 g/mol. The normalized spacial score (nSPS) is 11.4. The fourth-order valence-corrected chi connectivity index (χ4v) is 1.71. The number of hydrogen-bond acceptors (Lipinski definition) is 3. The van der Waals surface area contributed by atoms with E-state index in [2.05, 4.69) is 5.32 Å². The molecule has 0 aromatic heterocycles. The van der Waals surface area contributed by atoms with E-state index in [-0.39, 0.29) is 5.91 Å². The first kappa shape index (κ1) is 15.0. The fourth-order valence-electron chi connectivity index (χ4n) is 1.71. The molecule has 102 valence electrons. The zero-order valence-electron chi connectivity index (χ0n) is 11.5. The second-order valence-corrected chi connectivity index (χ2v) is 4.21. The van der Waals surface area contributed by atoms with Gasteiger partial charge in [0.25, 0.3) is 0 Å². The van der Waals surface area contributed by atoms with Gasteiger partial charge in [-0.25, -0.2) is 0 Å². The molecule has 1 rings (SSSR count). The van der Waals surface area contributed by atoms with Crippen LogP contribution < -0.4 is 10.1 Å². The number of nitrogens with zero attached hydrogens (tertiary/aromatic N) is 1. The molecule has 0 radical (unpaired) electrons. The van der Waals surface area contributed by atoms with Gasteiger partial charge in [0.15, 0.2) is 0 Å². The lowest BCUT2D eigenvalue weighted by atomic mass is 10.1. The van der Waals surface area contributed by atoms with Crippen molar-refractivity contribution in [1.82, 2.24) is 5.32 Å². The standard InChI is InChI=1S/C15H20N2O2/c1-3-13(11-16)15(18)17-10-9-12-5-7-14(8-6-12)19-4-2/h5-8,13H,3-4,9-10H2,1-2H3,(H,17,18). The largest absolute Gasteiger partial charge is 0.494 e. The van der Waals surface area contributed by atoms with Crippen molar-refractivity contribution in [1.29, 1.82) is 5.26 Å². The van der Waals surface area contributed by atoms with Crippen LogP contribution in [0, 0.1) is 17.2 Å². The third-order valence-electron chi connectivity index (χ3n) is 2.83. The summed E-state index contributed by atoms with van der Waals surface area (Å²) in [6.07, 6.45) is 1.30. The molecule has 19 heavy (non-hydrogen) atoms. The molecule has 1 amide bonds. The summed E-state index contributed by atoms with van der Waals surface area (Å²) in [5.41, 5.74) is 1.13. The van der Waals surface area contributed by atoms with E-state index < -0.39 is 5.92 Å². The van der Waals surface area contributed by atoms with E-state index >= 15 is 0 Å². The van der Waals surface area contributed by atoms with Crippen LogP contribution in [-0.2, 0) is 11.2 Å². The average Bonchev–Trinajstić information content (AvgIpc) is 2.42. The number of rotatable bonds is 7. The first-order valence-corrected chi connectivity index (χ1v) is 6.60. The minimum Gasteiger partial charge on any atom is -0.494 e. The van der Waals surface area contributed by atoms with Crippen molar-refractivity contribution in [2.75, 3.05) is 13.2 Å². The lowest BCUT2D eigenvalue weighted by Crippen LogP contribution is -2.31. The SMILES string of the molecule is CCOc1ccc(CCNC(=O)C(C#N)CC)cc1. The molecule has 0 fully saturated rings. The van der Waals surface area contributed by atoms with Crippen LogP contribution in [0.1, 0.15) is 25.8 Å². The molecule has 4 nitrogen and oxygen atoms in total. The number of nitriles is 1. The van der Waals surface area contributed by atoms with E-state index in [1.54, 1.807) is 0 Å². The Morgan fingerprint density at radius 3 is 2.58 bits per heavy atom. The van der Waals surface area contributed by atoms with E-state index in [9.17, 15) is 4.79 Å². The molecule has 1 aromatic carbocycles. The van der Waals surface area contributed by atoms with Gasteiger partial charge in [-0.15, -0.1) is 0 Å². The van der Waals surface area contributed by atoms with Crippen LogP contribution in [-0.4, -0.2) is 19.1 Å². The van der Waals surface area contributed by atoms with Gasteiger partial charge in [0.2, 0.25) is 5.91 Å². The van der Waals surface area contributed by atoms with Crippen LogP contribution in [0.4, 0.5) is 0 Å². The van der Waals surface area contributed by atoms with Crippen molar-refractivity contribution in [3.8, 4) is 11.8 Å². The van der Waals surface area contributed by atoms with E-state index in [4.69, 9.17) is 10.00 Å². The predicted molar refractivity (Wildman–Crippen MR) is 73.7 cm³/mol. The minimum absolute atomic E-state index is 0.184. The molecule has 0 spiro atoms. The summed E-state index contributed by atoms with van der Waals surface area (Å²) < 4.78 is 5.36. The van der Waals surface area contributed by atoms with Gasteiger partial charge in [0.1, 0.15) is 11.7 Å². The van der Waals surface area contributed by atoms with Gasteiger partial charge in [-0.1, -0.05) is 19.1 Å². The maximum Gasteiger partial charge on any atom is 0.237 e. The zero-order chi connectivity index (χ0) is 14.1. The summed E-state index contributed by atoms with van der Waals surface area (Å²) in [6, 6.07) is 9.81. The van der Waals surface area contributed by atoms with Gasteiger partial charge in [-0.05, 0) is 37.5 Å². The molecule has 1 N–H and O–H groups in total. The monoisotopic (exact) mass is 260 g/mol. The molecule has 0 saturated carbocycles. The molecular formula is C15H20N2O2. The van der Waals surface area contributed by atoms with Gasteiger partial charge in [-0.3, -0.25) is 4.79 Å². The van der Waals surface area contributed by atoms with Crippen molar-refractivity contribution >= 4 is 5.91 Å². The molecule has 4 heteroatoms. The smallest absolute Gasteiger partial charge is 0.237 e. The molecule has 1 aromatic rings. The molecule has 0 aliphatic rings. The molecule has 0 aliphatic carbocycles. The van der Waals surface area contributed by atoms with Crippen molar-refractivity contribution in [2.45, 2.75) is 26.7 Å². The van der Waals surface area contributed by atoms with Crippen LogP contribution in [0.5, 0.6) is 5.75 Å². The van der Waals surface area contributed by atoms with Crippen molar-refractivity contribution < 1.29 is 9.53 Å². The molecule has 0 bridgehead atoms. The van der Waals surface area contributed by atoms with E-state index in [0.29, 0.717) is 19.6 Å². The van der Waals surface area contributed by atoms with Crippen LogP contribution in [0.25, 0.3) is 0 Å². The Kier molecular flexibility index (Phi) is 6.45. The summed E-state index contributed by atoms with van der Waals surface area (Å²) >= 11 is 0. The highest BCUT2D eigenvalue weighted by atomic mass is 16.5. The zero-order valence-corrected chi connectivity index (χ0v) is 11.5. The number of nitrogens with one attached hydrogen (secondary N) is 1. The Morgan fingerprint density at radius 1 is 1.37 bits per heavy atom. The van der Waals surface area contributed by atoms with Gasteiger partial charge >= 0.3 is 0 Å². The summed E-state index contributed by atoms with van der Waals surface area (Å²) in [4.78, 5) is 11.6. The van der Waals surface area contributed by atoms with Crippen LogP contribution in [0.2, 0.25) is 0 Å². The van der Waals surface area contributed by atoms with Gasteiger partial charge in [0, 0.05) is 6.54 Å². The first-order valence-electron chi connectivity index (χ1n) is 6.60. The van der Waals surface area contributed by atoms with Crippen molar-refractivity contribution in [3.05, 3.63) is 29.8 Å². The fraction of sp³-hybridized carbons (Fsp3) is 0.467. The van der Waals surface area contributed by atoms with E-state index in [1.807, 2.05) is 44.2 Å². The van der Waals surface area contributed by atoms with Crippen molar-refractivity contribution in [2.24, 2.45) is 5.92 Å².